The molecule has 0 spiro atoms. The second-order valence-electron chi connectivity index (χ2n) is 7.29. The third kappa shape index (κ3) is 5.40. The van der Waals surface area contributed by atoms with Crippen molar-refractivity contribution >= 4 is 24.1 Å². The van der Waals surface area contributed by atoms with Crippen LogP contribution in [0.2, 0.25) is 0 Å². The van der Waals surface area contributed by atoms with E-state index in [9.17, 15) is 0 Å². The van der Waals surface area contributed by atoms with E-state index >= 15 is 0 Å². The summed E-state index contributed by atoms with van der Waals surface area (Å²) in [7, 11) is 0. The summed E-state index contributed by atoms with van der Waals surface area (Å²) < 4.78 is 5.46. The first kappa shape index (κ1) is 22.3. The fraction of sp³-hybridized carbons (Fsp3) is 0.273. The Balaban J connectivity index is 0.00000272. The smallest absolute Gasteiger partial charge is 0.231 e. The number of benzene rings is 2. The molecule has 0 bridgehead atoms. The van der Waals surface area contributed by atoms with Gasteiger partial charge in [-0.3, -0.25) is 5.41 Å². The Morgan fingerprint density at radius 3 is 2.65 bits per heavy atom. The van der Waals surface area contributed by atoms with E-state index in [2.05, 4.69) is 15.3 Å². The number of nitrogens with zero attached hydrogens (tertiary/aromatic N) is 4. The van der Waals surface area contributed by atoms with E-state index in [-0.39, 0.29) is 24.3 Å². The number of rotatable bonds is 6. The third-order valence-corrected chi connectivity index (χ3v) is 5.16. The van der Waals surface area contributed by atoms with Crippen LogP contribution in [0.5, 0.6) is 0 Å². The quantitative estimate of drug-likeness (QED) is 0.342. The molecular formula is C22H25ClN6O2. The molecule has 9 heteroatoms. The highest BCUT2D eigenvalue weighted by atomic mass is 35.5. The Morgan fingerprint density at radius 1 is 1.23 bits per heavy atom. The van der Waals surface area contributed by atoms with Crippen LogP contribution < -0.4 is 5.73 Å². The largest absolute Gasteiger partial charge is 0.391 e. The molecule has 1 aliphatic rings. The molecule has 2 heterocycles. The molecule has 3 N–H and O–H groups in total. The lowest BCUT2D eigenvalue weighted by molar-refractivity contribution is 0.130. The Hall–Kier alpha value is -3.39. The second-order valence-corrected chi connectivity index (χ2v) is 7.29. The summed E-state index contributed by atoms with van der Waals surface area (Å²) in [6, 6.07) is 17.7. The van der Waals surface area contributed by atoms with Crippen molar-refractivity contribution in [2.45, 2.75) is 25.9 Å². The van der Waals surface area contributed by atoms with Crippen LogP contribution in [-0.2, 0) is 11.4 Å². The van der Waals surface area contributed by atoms with Crippen molar-refractivity contribution in [1.29, 1.82) is 5.41 Å². The van der Waals surface area contributed by atoms with Gasteiger partial charge in [0.05, 0.1) is 11.6 Å². The van der Waals surface area contributed by atoms with Crippen LogP contribution >= 0.6 is 12.4 Å². The zero-order chi connectivity index (χ0) is 20.9. The number of hydrogen-bond donors (Lipinski definition) is 2. The minimum Gasteiger partial charge on any atom is -0.391 e. The van der Waals surface area contributed by atoms with Gasteiger partial charge in [0.25, 0.3) is 0 Å². The van der Waals surface area contributed by atoms with Gasteiger partial charge < -0.3 is 20.0 Å². The van der Waals surface area contributed by atoms with Crippen molar-refractivity contribution in [3.05, 3.63) is 71.6 Å². The zero-order valence-corrected chi connectivity index (χ0v) is 18.0. The number of aromatic nitrogens is 2. The standard InChI is InChI=1S/C22H24N6O2.ClH/c1-15(26-29-14-16-5-3-2-4-6-16)17-7-9-18(10-8-17)20-25-21(30-27-20)19-11-12-28(13-19)22(23)24;/h2-10,19H,11-14H2,1H3,(H3,23,24);1H/b26-15+;/t19-;/m1./s1. The van der Waals surface area contributed by atoms with Crippen LogP contribution in [0.1, 0.15) is 36.3 Å². The maximum atomic E-state index is 7.54. The summed E-state index contributed by atoms with van der Waals surface area (Å²) in [5.74, 6) is 1.32. The Bertz CT molecular complexity index is 1040. The first-order chi connectivity index (χ1) is 14.6. The Morgan fingerprint density at radius 2 is 1.97 bits per heavy atom. The molecular weight excluding hydrogens is 416 g/mol. The highest BCUT2D eigenvalue weighted by molar-refractivity contribution is 5.98. The number of hydrogen-bond acceptors (Lipinski definition) is 6. The minimum atomic E-state index is 0. The lowest BCUT2D eigenvalue weighted by Gasteiger charge is -2.14. The fourth-order valence-corrected chi connectivity index (χ4v) is 3.39. The molecule has 1 aliphatic heterocycles. The van der Waals surface area contributed by atoms with Crippen LogP contribution in [0.15, 0.2) is 64.3 Å². The topological polar surface area (TPSA) is 114 Å². The molecule has 2 aromatic carbocycles. The molecule has 8 nitrogen and oxygen atoms in total. The molecule has 3 aromatic rings. The molecule has 162 valence electrons. The van der Waals surface area contributed by atoms with Crippen LogP contribution in [-0.4, -0.2) is 39.8 Å². The second kappa shape index (κ2) is 10.1. The average molecular weight is 441 g/mol. The minimum absolute atomic E-state index is 0. The monoisotopic (exact) mass is 440 g/mol. The molecule has 31 heavy (non-hydrogen) atoms. The summed E-state index contributed by atoms with van der Waals surface area (Å²) in [4.78, 5) is 11.8. The summed E-state index contributed by atoms with van der Waals surface area (Å²) in [6.45, 7) is 3.71. The van der Waals surface area contributed by atoms with E-state index < -0.39 is 0 Å². The highest BCUT2D eigenvalue weighted by Crippen LogP contribution is 2.27. The van der Waals surface area contributed by atoms with E-state index in [1.54, 1.807) is 0 Å². The summed E-state index contributed by atoms with van der Waals surface area (Å²) >= 11 is 0. The van der Waals surface area contributed by atoms with Crippen molar-refractivity contribution in [3.8, 4) is 11.4 Å². The lowest BCUT2D eigenvalue weighted by atomic mass is 10.1. The molecule has 0 amide bonds. The van der Waals surface area contributed by atoms with E-state index in [0.29, 0.717) is 24.9 Å². The van der Waals surface area contributed by atoms with Gasteiger partial charge in [-0.05, 0) is 24.5 Å². The predicted octanol–water partition coefficient (Wildman–Crippen LogP) is 3.78. The van der Waals surface area contributed by atoms with Gasteiger partial charge in [-0.15, -0.1) is 12.4 Å². The van der Waals surface area contributed by atoms with E-state index in [4.69, 9.17) is 20.5 Å². The number of likely N-dealkylation sites (tertiary alicyclic amines) is 1. The summed E-state index contributed by atoms with van der Waals surface area (Å²) in [5, 5.41) is 15.9. The molecule has 0 radical (unpaired) electrons. The molecule has 0 aliphatic carbocycles. The first-order valence-electron chi connectivity index (χ1n) is 9.84. The van der Waals surface area contributed by atoms with Gasteiger partial charge in [0.2, 0.25) is 11.7 Å². The molecule has 0 unspecified atom stereocenters. The average Bonchev–Trinajstić information content (AvgIpc) is 3.44. The van der Waals surface area contributed by atoms with Gasteiger partial charge in [-0.1, -0.05) is 64.9 Å². The van der Waals surface area contributed by atoms with Crippen molar-refractivity contribution in [1.82, 2.24) is 15.0 Å². The molecule has 1 aromatic heterocycles. The first-order valence-corrected chi connectivity index (χ1v) is 9.84. The fourth-order valence-electron chi connectivity index (χ4n) is 3.39. The van der Waals surface area contributed by atoms with E-state index in [0.717, 1.165) is 35.4 Å². The number of halogens is 1. The number of nitrogens with one attached hydrogen (secondary N) is 1. The third-order valence-electron chi connectivity index (χ3n) is 5.16. The van der Waals surface area contributed by atoms with Gasteiger partial charge in [0.15, 0.2) is 5.96 Å². The summed E-state index contributed by atoms with van der Waals surface area (Å²) in [5.41, 5.74) is 9.26. The molecule has 4 rings (SSSR count). The van der Waals surface area contributed by atoms with Crippen molar-refractivity contribution in [2.75, 3.05) is 13.1 Å². The maximum Gasteiger partial charge on any atom is 0.231 e. The number of guanidine groups is 1. The van der Waals surface area contributed by atoms with Crippen LogP contribution in [0.4, 0.5) is 0 Å². The van der Waals surface area contributed by atoms with Gasteiger partial charge in [0.1, 0.15) is 6.61 Å². The van der Waals surface area contributed by atoms with Gasteiger partial charge in [-0.2, -0.15) is 4.98 Å². The van der Waals surface area contributed by atoms with Crippen LogP contribution in [0.3, 0.4) is 0 Å². The molecule has 1 atom stereocenters. The lowest BCUT2D eigenvalue weighted by Crippen LogP contribution is -2.34. The molecule has 1 saturated heterocycles. The molecule has 0 saturated carbocycles. The molecule has 1 fully saturated rings. The Labute approximate surface area is 187 Å². The van der Waals surface area contributed by atoms with Crippen molar-refractivity contribution in [2.24, 2.45) is 10.9 Å². The van der Waals surface area contributed by atoms with Gasteiger partial charge >= 0.3 is 0 Å². The van der Waals surface area contributed by atoms with Crippen LogP contribution in [0, 0.1) is 5.41 Å². The Kier molecular flexibility index (Phi) is 7.25. The van der Waals surface area contributed by atoms with Gasteiger partial charge in [-0.25, -0.2) is 0 Å². The van der Waals surface area contributed by atoms with Crippen LogP contribution in [0.25, 0.3) is 11.4 Å². The van der Waals surface area contributed by atoms with Crippen molar-refractivity contribution < 1.29 is 9.36 Å². The van der Waals surface area contributed by atoms with Crippen molar-refractivity contribution in [3.63, 3.8) is 0 Å². The zero-order valence-electron chi connectivity index (χ0n) is 17.2. The number of oxime groups is 1. The summed E-state index contributed by atoms with van der Waals surface area (Å²) in [6.07, 6.45) is 0.846. The number of nitrogens with two attached hydrogens (primary N) is 1. The predicted molar refractivity (Wildman–Crippen MR) is 121 cm³/mol. The normalized spacial score (nSPS) is 16.1. The van der Waals surface area contributed by atoms with E-state index in [1.165, 1.54) is 0 Å². The highest BCUT2D eigenvalue weighted by Gasteiger charge is 2.29. The maximum absolute atomic E-state index is 7.54. The van der Waals surface area contributed by atoms with E-state index in [1.807, 2.05) is 66.4 Å². The SMILES string of the molecule is C/C(=N\OCc1ccccc1)c1ccc(-c2noc([C@@H]3CCN(C(=N)N)C3)n2)cc1.Cl. The van der Waals surface area contributed by atoms with Gasteiger partial charge in [0, 0.05) is 18.7 Å².